The molecule has 0 amide bonds. The Morgan fingerprint density at radius 3 is 2.57 bits per heavy atom. The molecule has 1 nitrogen and oxygen atoms in total. The second-order valence-corrected chi connectivity index (χ2v) is 3.02. The molecule has 14 heavy (non-hydrogen) atoms. The first-order chi connectivity index (χ1) is 6.45. The van der Waals surface area contributed by atoms with Crippen LogP contribution in [0.15, 0.2) is 23.8 Å². The lowest BCUT2D eigenvalue weighted by Crippen LogP contribution is -2.24. The third-order valence-corrected chi connectivity index (χ3v) is 2.01. The first-order valence-electron chi connectivity index (χ1n) is 3.99. The van der Waals surface area contributed by atoms with E-state index < -0.39 is 24.7 Å². The highest BCUT2D eigenvalue weighted by molar-refractivity contribution is 5.75. The topological polar surface area (TPSA) is 17.1 Å². The normalized spacial score (nSPS) is 28.1. The van der Waals surface area contributed by atoms with Crippen molar-refractivity contribution < 1.29 is 22.4 Å². The summed E-state index contributed by atoms with van der Waals surface area (Å²) in [6.07, 6.45) is -3.76. The summed E-state index contributed by atoms with van der Waals surface area (Å²) in [6, 6.07) is 0. The summed E-state index contributed by atoms with van der Waals surface area (Å²) < 4.78 is 49.6. The van der Waals surface area contributed by atoms with E-state index in [0.29, 0.717) is 0 Å². The van der Waals surface area contributed by atoms with Gasteiger partial charge in [0.05, 0.1) is 5.92 Å². The summed E-state index contributed by atoms with van der Waals surface area (Å²) in [7, 11) is 0. The minimum absolute atomic E-state index is 0.243. The number of rotatable bonds is 1. The number of alkyl halides is 4. The summed E-state index contributed by atoms with van der Waals surface area (Å²) in [6.45, 7) is 0. The number of allylic oxidation sites excluding steroid dienone is 4. The molecule has 0 spiro atoms. The zero-order valence-electron chi connectivity index (χ0n) is 7.09. The summed E-state index contributed by atoms with van der Waals surface area (Å²) in [4.78, 5) is 10.3. The molecule has 5 heteroatoms. The molecule has 0 fully saturated rings. The van der Waals surface area contributed by atoms with E-state index in [-0.39, 0.29) is 11.9 Å². The maximum atomic E-state index is 13.0. The molecule has 1 aliphatic rings. The molecule has 2 atom stereocenters. The highest BCUT2D eigenvalue weighted by atomic mass is 19.4. The second-order valence-electron chi connectivity index (χ2n) is 3.02. The van der Waals surface area contributed by atoms with Crippen molar-refractivity contribution in [1.82, 2.24) is 0 Å². The molecule has 0 heterocycles. The van der Waals surface area contributed by atoms with Crippen molar-refractivity contribution in [3.05, 3.63) is 23.8 Å². The Morgan fingerprint density at radius 1 is 1.43 bits per heavy atom. The molecular weight excluding hydrogens is 200 g/mol. The van der Waals surface area contributed by atoms with Crippen LogP contribution in [0.25, 0.3) is 0 Å². The predicted molar refractivity (Wildman–Crippen MR) is 42.3 cm³/mol. The number of carbonyl (C=O) groups excluding carboxylic acids is 1. The zero-order valence-corrected chi connectivity index (χ0v) is 7.09. The molecule has 78 valence electrons. The van der Waals surface area contributed by atoms with Crippen molar-refractivity contribution in [2.45, 2.75) is 18.8 Å². The number of aldehydes is 1. The van der Waals surface area contributed by atoms with Crippen molar-refractivity contribution in [2.75, 3.05) is 0 Å². The predicted octanol–water partition coefficient (Wildman–Crippen LogP) is 2.59. The van der Waals surface area contributed by atoms with Gasteiger partial charge in [0.2, 0.25) is 0 Å². The lowest BCUT2D eigenvalue weighted by Gasteiger charge is -2.17. The summed E-state index contributed by atoms with van der Waals surface area (Å²) >= 11 is 0. The van der Waals surface area contributed by atoms with Gasteiger partial charge < -0.3 is 0 Å². The van der Waals surface area contributed by atoms with Gasteiger partial charge in [-0.2, -0.15) is 13.2 Å². The van der Waals surface area contributed by atoms with Crippen LogP contribution in [0.4, 0.5) is 17.6 Å². The third kappa shape index (κ3) is 2.43. The Morgan fingerprint density at radius 2 is 2.07 bits per heavy atom. The fraction of sp³-hybridized carbons (Fsp3) is 0.444. The maximum Gasteiger partial charge on any atom is 0.395 e. The van der Waals surface area contributed by atoms with E-state index in [0.717, 1.165) is 18.2 Å². The highest BCUT2D eigenvalue weighted by Crippen LogP contribution is 2.34. The molecule has 0 bridgehead atoms. The third-order valence-electron chi connectivity index (χ3n) is 2.01. The smallest absolute Gasteiger partial charge is 0.298 e. The Bertz CT molecular complexity index is 277. The van der Waals surface area contributed by atoms with Gasteiger partial charge in [-0.25, -0.2) is 4.39 Å². The van der Waals surface area contributed by atoms with Crippen molar-refractivity contribution in [1.29, 1.82) is 0 Å². The Kier molecular flexibility index (Phi) is 3.08. The van der Waals surface area contributed by atoms with E-state index in [2.05, 4.69) is 0 Å². The quantitative estimate of drug-likeness (QED) is 0.478. The van der Waals surface area contributed by atoms with Gasteiger partial charge in [0, 0.05) is 5.57 Å². The average molecular weight is 208 g/mol. The minimum atomic E-state index is -4.45. The number of hydrogen-bond donors (Lipinski definition) is 0. The van der Waals surface area contributed by atoms with E-state index in [9.17, 15) is 22.4 Å². The fourth-order valence-corrected chi connectivity index (χ4v) is 1.20. The van der Waals surface area contributed by atoms with Crippen molar-refractivity contribution in [3.8, 4) is 0 Å². The van der Waals surface area contributed by atoms with Gasteiger partial charge in [0.25, 0.3) is 0 Å². The van der Waals surface area contributed by atoms with Crippen LogP contribution in [0.5, 0.6) is 0 Å². The highest BCUT2D eigenvalue weighted by Gasteiger charge is 2.40. The largest absolute Gasteiger partial charge is 0.395 e. The Hall–Kier alpha value is -1.13. The van der Waals surface area contributed by atoms with E-state index in [4.69, 9.17) is 0 Å². The molecule has 0 saturated heterocycles. The van der Waals surface area contributed by atoms with Gasteiger partial charge in [0.1, 0.15) is 12.5 Å². The first-order valence-corrected chi connectivity index (χ1v) is 3.99. The molecular formula is C9H8F4O. The molecule has 0 aliphatic heterocycles. The lowest BCUT2D eigenvalue weighted by atomic mass is 10.00. The zero-order chi connectivity index (χ0) is 10.8. The van der Waals surface area contributed by atoms with Crippen LogP contribution >= 0.6 is 0 Å². The monoisotopic (exact) mass is 208 g/mol. The maximum absolute atomic E-state index is 13.0. The molecule has 0 radical (unpaired) electrons. The summed E-state index contributed by atoms with van der Waals surface area (Å²) in [5.41, 5.74) is -0.243. The average Bonchev–Trinajstić information content (AvgIpc) is 2.25. The lowest BCUT2D eigenvalue weighted by molar-refractivity contribution is -0.164. The Balaban J connectivity index is 2.81. The van der Waals surface area contributed by atoms with Crippen LogP contribution in [0.1, 0.15) is 6.42 Å². The molecule has 1 rings (SSSR count). The van der Waals surface area contributed by atoms with Gasteiger partial charge >= 0.3 is 6.18 Å². The van der Waals surface area contributed by atoms with Crippen LogP contribution in [0.3, 0.4) is 0 Å². The first kappa shape index (κ1) is 10.9. The van der Waals surface area contributed by atoms with E-state index >= 15 is 0 Å². The van der Waals surface area contributed by atoms with Crippen molar-refractivity contribution >= 4 is 6.29 Å². The van der Waals surface area contributed by atoms with Gasteiger partial charge in [-0.3, -0.25) is 4.79 Å². The molecule has 2 unspecified atom stereocenters. The van der Waals surface area contributed by atoms with Crippen LogP contribution in [-0.2, 0) is 4.79 Å². The van der Waals surface area contributed by atoms with E-state index in [1.54, 1.807) is 0 Å². The van der Waals surface area contributed by atoms with Gasteiger partial charge in [-0.1, -0.05) is 18.2 Å². The van der Waals surface area contributed by atoms with Crippen LogP contribution < -0.4 is 0 Å². The van der Waals surface area contributed by atoms with Crippen LogP contribution in [0.2, 0.25) is 0 Å². The van der Waals surface area contributed by atoms with Crippen molar-refractivity contribution in [2.24, 2.45) is 5.92 Å². The fourth-order valence-electron chi connectivity index (χ4n) is 1.20. The standard InChI is InChI=1S/C9H8F4O/c10-8-4-7(9(11,12)13)3-1-2-6(8)5-14/h1-3,5,7-8H,4H2. The summed E-state index contributed by atoms with van der Waals surface area (Å²) in [5.74, 6) is -1.81. The van der Waals surface area contributed by atoms with Crippen LogP contribution in [-0.4, -0.2) is 18.6 Å². The number of hydrogen-bond acceptors (Lipinski definition) is 1. The van der Waals surface area contributed by atoms with Gasteiger partial charge in [-0.15, -0.1) is 0 Å². The minimum Gasteiger partial charge on any atom is -0.298 e. The molecule has 0 saturated carbocycles. The molecule has 0 aromatic rings. The van der Waals surface area contributed by atoms with Gasteiger partial charge in [0.15, 0.2) is 0 Å². The molecule has 0 aromatic heterocycles. The number of carbonyl (C=O) groups is 1. The van der Waals surface area contributed by atoms with E-state index in [1.807, 2.05) is 0 Å². The summed E-state index contributed by atoms with van der Waals surface area (Å²) in [5, 5.41) is 0. The second kappa shape index (κ2) is 3.94. The van der Waals surface area contributed by atoms with Crippen LogP contribution in [0, 0.1) is 5.92 Å². The Labute approximate surface area is 78.1 Å². The molecule has 1 aliphatic carbocycles. The molecule has 0 aromatic carbocycles. The number of halogens is 4. The van der Waals surface area contributed by atoms with Gasteiger partial charge in [-0.05, 0) is 6.42 Å². The van der Waals surface area contributed by atoms with Crippen molar-refractivity contribution in [3.63, 3.8) is 0 Å². The van der Waals surface area contributed by atoms with E-state index in [1.165, 1.54) is 0 Å². The molecule has 0 N–H and O–H groups in total. The SMILES string of the molecule is O=CC1=CC=CC(C(F)(F)F)CC1F.